The highest BCUT2D eigenvalue weighted by Crippen LogP contribution is 2.22. The van der Waals surface area contributed by atoms with Crippen LogP contribution in [0, 0.1) is 18.0 Å². The van der Waals surface area contributed by atoms with Crippen molar-refractivity contribution in [1.29, 1.82) is 0 Å². The quantitative estimate of drug-likeness (QED) is 0.343. The van der Waals surface area contributed by atoms with Gasteiger partial charge in [0, 0.05) is 11.6 Å². The van der Waals surface area contributed by atoms with Crippen molar-refractivity contribution in [3.8, 4) is 0 Å². The van der Waals surface area contributed by atoms with Gasteiger partial charge in [0.15, 0.2) is 0 Å². The molecule has 0 saturated heterocycles. The van der Waals surface area contributed by atoms with Crippen LogP contribution in [-0.4, -0.2) is 21.6 Å². The van der Waals surface area contributed by atoms with Gasteiger partial charge >= 0.3 is 6.08 Å². The van der Waals surface area contributed by atoms with Crippen LogP contribution in [0.25, 0.3) is 0 Å². The zero-order chi connectivity index (χ0) is 9.84. The van der Waals surface area contributed by atoms with Gasteiger partial charge in [-0.1, -0.05) is 0 Å². The minimum absolute atomic E-state index is 0.237. The number of hydrogen-bond donors (Lipinski definition) is 0. The Hall–Kier alpha value is -0.490. The molecule has 72 valence electrons. The summed E-state index contributed by atoms with van der Waals surface area (Å²) >= 11 is 6.12. The molecule has 0 aromatic carbocycles. The Morgan fingerprint density at radius 2 is 1.69 bits per heavy atom. The van der Waals surface area contributed by atoms with E-state index in [1.807, 2.05) is 0 Å². The number of hydrogen-bond acceptors (Lipinski definition) is 3. The second kappa shape index (κ2) is 4.66. The van der Waals surface area contributed by atoms with Gasteiger partial charge in [0.2, 0.25) is 11.9 Å². The van der Waals surface area contributed by atoms with Crippen molar-refractivity contribution >= 4 is 23.4 Å². The van der Waals surface area contributed by atoms with Crippen LogP contribution in [0.4, 0.5) is 13.2 Å². The largest absolute Gasteiger partial charge is 0.314 e. The molecule has 0 radical (unpaired) electrons. The number of rotatable bonds is 3. The molecule has 1 aromatic heterocycles. The van der Waals surface area contributed by atoms with E-state index in [-0.39, 0.29) is 5.88 Å². The van der Waals surface area contributed by atoms with E-state index in [0.717, 1.165) is 11.8 Å². The lowest BCUT2D eigenvalue weighted by atomic mass is 10.6. The fourth-order valence-electron chi connectivity index (χ4n) is 0.633. The summed E-state index contributed by atoms with van der Waals surface area (Å²) in [4.78, 5) is 5.08. The van der Waals surface area contributed by atoms with Crippen LogP contribution >= 0.6 is 23.4 Å². The van der Waals surface area contributed by atoms with Gasteiger partial charge in [0.25, 0.3) is 0 Å². The second-order valence-corrected chi connectivity index (χ2v) is 3.42. The summed E-state index contributed by atoms with van der Waals surface area (Å²) in [6, 6.07) is 0. The van der Waals surface area contributed by atoms with Crippen LogP contribution < -0.4 is 0 Å². The lowest BCUT2D eigenvalue weighted by Crippen LogP contribution is -2.01. The summed E-state index contributed by atoms with van der Waals surface area (Å²) < 4.78 is 37.7. The minimum Gasteiger partial charge on any atom is -0.183 e. The standard InChI is InChI=1S/C6H4ClF3N2S/c7-1-2-13-3-4(8)11-6(10)12-5(3)9/h1-2H2. The predicted octanol–water partition coefficient (Wildman–Crippen LogP) is 2.22. The first kappa shape index (κ1) is 10.6. The third-order valence-electron chi connectivity index (χ3n) is 1.08. The molecule has 0 aliphatic carbocycles. The molecule has 0 bridgehead atoms. The minimum atomic E-state index is -1.41. The Kier molecular flexibility index (Phi) is 3.80. The fraction of sp³-hybridized carbons (Fsp3) is 0.333. The van der Waals surface area contributed by atoms with Crippen LogP contribution in [0.5, 0.6) is 0 Å². The lowest BCUT2D eigenvalue weighted by Gasteiger charge is -2.00. The predicted molar refractivity (Wildman–Crippen MR) is 43.4 cm³/mol. The molecule has 13 heavy (non-hydrogen) atoms. The van der Waals surface area contributed by atoms with E-state index >= 15 is 0 Å². The number of halogens is 4. The topological polar surface area (TPSA) is 25.8 Å². The van der Waals surface area contributed by atoms with Gasteiger partial charge in [-0.3, -0.25) is 0 Å². The van der Waals surface area contributed by atoms with Crippen molar-refractivity contribution in [3.05, 3.63) is 18.0 Å². The highest BCUT2D eigenvalue weighted by atomic mass is 35.5. The number of thioether (sulfide) groups is 1. The zero-order valence-electron chi connectivity index (χ0n) is 6.23. The normalized spacial score (nSPS) is 10.5. The van der Waals surface area contributed by atoms with Crippen LogP contribution in [-0.2, 0) is 0 Å². The molecular formula is C6H4ClF3N2S. The average molecular weight is 229 g/mol. The van der Waals surface area contributed by atoms with E-state index in [9.17, 15) is 13.2 Å². The first-order chi connectivity index (χ1) is 6.15. The van der Waals surface area contributed by atoms with Crippen molar-refractivity contribution in [2.45, 2.75) is 4.90 Å². The first-order valence-electron chi connectivity index (χ1n) is 3.22. The highest BCUT2D eigenvalue weighted by molar-refractivity contribution is 7.99. The molecule has 0 unspecified atom stereocenters. The molecular weight excluding hydrogens is 225 g/mol. The van der Waals surface area contributed by atoms with Crippen LogP contribution in [0.15, 0.2) is 4.90 Å². The Morgan fingerprint density at radius 3 is 2.15 bits per heavy atom. The van der Waals surface area contributed by atoms with E-state index in [4.69, 9.17) is 11.6 Å². The monoisotopic (exact) mass is 228 g/mol. The number of nitrogens with zero attached hydrogens (tertiary/aromatic N) is 2. The summed E-state index contributed by atoms with van der Waals surface area (Å²) in [5, 5.41) is 0. The smallest absolute Gasteiger partial charge is 0.183 e. The van der Waals surface area contributed by atoms with E-state index in [0.29, 0.717) is 5.75 Å². The highest BCUT2D eigenvalue weighted by Gasteiger charge is 2.14. The van der Waals surface area contributed by atoms with Gasteiger partial charge in [-0.2, -0.15) is 23.1 Å². The first-order valence-corrected chi connectivity index (χ1v) is 4.74. The molecule has 0 fully saturated rings. The maximum absolute atomic E-state index is 12.7. The lowest BCUT2D eigenvalue weighted by molar-refractivity contribution is 0.412. The Balaban J connectivity index is 2.92. The SMILES string of the molecule is Fc1nc(F)c(SCCCl)c(F)n1. The average Bonchev–Trinajstić information content (AvgIpc) is 2.02. The van der Waals surface area contributed by atoms with Crippen LogP contribution in [0.3, 0.4) is 0 Å². The second-order valence-electron chi connectivity index (χ2n) is 1.94. The molecule has 0 N–H and O–H groups in total. The molecule has 1 aromatic rings. The Morgan fingerprint density at radius 1 is 1.15 bits per heavy atom. The maximum atomic E-state index is 12.7. The number of aromatic nitrogens is 2. The third kappa shape index (κ3) is 2.73. The van der Waals surface area contributed by atoms with Gasteiger partial charge < -0.3 is 0 Å². The summed E-state index contributed by atoms with van der Waals surface area (Å²) in [6.07, 6.45) is -1.41. The third-order valence-corrected chi connectivity index (χ3v) is 2.53. The molecule has 2 nitrogen and oxygen atoms in total. The van der Waals surface area contributed by atoms with E-state index in [1.165, 1.54) is 0 Å². The molecule has 1 rings (SSSR count). The molecule has 0 saturated carbocycles. The summed E-state index contributed by atoms with van der Waals surface area (Å²) in [6.45, 7) is 0. The van der Waals surface area contributed by atoms with E-state index in [1.54, 1.807) is 0 Å². The van der Waals surface area contributed by atoms with Crippen molar-refractivity contribution in [2.75, 3.05) is 11.6 Å². The van der Waals surface area contributed by atoms with Gasteiger partial charge in [0.1, 0.15) is 4.90 Å². The van der Waals surface area contributed by atoms with Crippen molar-refractivity contribution < 1.29 is 13.2 Å². The van der Waals surface area contributed by atoms with Crippen molar-refractivity contribution in [1.82, 2.24) is 9.97 Å². The van der Waals surface area contributed by atoms with Crippen molar-refractivity contribution in [3.63, 3.8) is 0 Å². The maximum Gasteiger partial charge on any atom is 0.314 e. The van der Waals surface area contributed by atoms with Gasteiger partial charge in [0.05, 0.1) is 0 Å². The molecule has 0 aliphatic heterocycles. The fourth-order valence-corrected chi connectivity index (χ4v) is 1.48. The molecule has 0 aliphatic rings. The van der Waals surface area contributed by atoms with Gasteiger partial charge in [-0.15, -0.1) is 23.4 Å². The Bertz CT molecular complexity index is 287. The van der Waals surface area contributed by atoms with E-state index in [2.05, 4.69) is 9.97 Å². The van der Waals surface area contributed by atoms with Crippen molar-refractivity contribution in [2.24, 2.45) is 0 Å². The van der Waals surface area contributed by atoms with Gasteiger partial charge in [-0.25, -0.2) is 0 Å². The molecule has 7 heteroatoms. The molecule has 0 amide bonds. The number of alkyl halides is 1. The molecule has 0 atom stereocenters. The van der Waals surface area contributed by atoms with Crippen LogP contribution in [0.2, 0.25) is 0 Å². The summed E-state index contributed by atoms with van der Waals surface area (Å²) in [5.41, 5.74) is 0. The van der Waals surface area contributed by atoms with E-state index < -0.39 is 22.9 Å². The Labute approximate surface area is 81.5 Å². The van der Waals surface area contributed by atoms with Crippen LogP contribution in [0.1, 0.15) is 0 Å². The van der Waals surface area contributed by atoms with Gasteiger partial charge in [-0.05, 0) is 0 Å². The molecule has 0 spiro atoms. The zero-order valence-corrected chi connectivity index (χ0v) is 7.80. The summed E-state index contributed by atoms with van der Waals surface area (Å²) in [5.74, 6) is -1.84. The summed E-state index contributed by atoms with van der Waals surface area (Å²) in [7, 11) is 0. The molecule has 1 heterocycles.